The number of nitrogens with zero attached hydrogens (tertiary/aromatic N) is 3. The highest BCUT2D eigenvalue weighted by Crippen LogP contribution is 2.28. The van der Waals surface area contributed by atoms with Crippen molar-refractivity contribution >= 4 is 33.2 Å². The number of hydrogen-bond donors (Lipinski definition) is 0. The zero-order valence-corrected chi connectivity index (χ0v) is 15.9. The topological polar surface area (TPSA) is 38.1 Å². The zero-order valence-electron chi connectivity index (χ0n) is 13.5. The van der Waals surface area contributed by atoms with Gasteiger partial charge in [-0.2, -0.15) is 18.3 Å². The summed E-state index contributed by atoms with van der Waals surface area (Å²) in [6.45, 7) is 0.477. The van der Waals surface area contributed by atoms with Crippen LogP contribution in [0.25, 0.3) is 5.69 Å². The standard InChI is InChI=1S/C17H13BrF3N3OS/c1-23(10-13-6-7-15(18)26-13)16(25)11-2-4-12(5-3-11)24-9-8-14(22-24)17(19,20)21/h2-9H,10H2,1H3. The van der Waals surface area contributed by atoms with Crippen molar-refractivity contribution in [2.45, 2.75) is 12.7 Å². The first-order valence-corrected chi connectivity index (χ1v) is 9.08. The molecule has 0 aliphatic rings. The van der Waals surface area contributed by atoms with Crippen LogP contribution in [0, 0.1) is 0 Å². The third-order valence-corrected chi connectivity index (χ3v) is 5.24. The van der Waals surface area contributed by atoms with E-state index in [1.54, 1.807) is 47.5 Å². The minimum atomic E-state index is -4.49. The monoisotopic (exact) mass is 443 g/mol. The highest BCUT2D eigenvalue weighted by atomic mass is 79.9. The molecule has 0 aliphatic carbocycles. The Bertz CT molecular complexity index is 918. The fourth-order valence-electron chi connectivity index (χ4n) is 2.34. The van der Waals surface area contributed by atoms with Gasteiger partial charge in [0.2, 0.25) is 0 Å². The second kappa shape index (κ2) is 7.24. The first-order valence-electron chi connectivity index (χ1n) is 7.47. The van der Waals surface area contributed by atoms with Crippen LogP contribution in [0.4, 0.5) is 13.2 Å². The number of halogens is 4. The molecule has 0 unspecified atom stereocenters. The highest BCUT2D eigenvalue weighted by molar-refractivity contribution is 9.11. The molecule has 26 heavy (non-hydrogen) atoms. The number of thiophene rings is 1. The van der Waals surface area contributed by atoms with Crippen LogP contribution in [0.1, 0.15) is 20.9 Å². The van der Waals surface area contributed by atoms with Crippen molar-refractivity contribution in [3.63, 3.8) is 0 Å². The number of carbonyl (C=O) groups excluding carboxylic acids is 1. The van der Waals surface area contributed by atoms with Gasteiger partial charge >= 0.3 is 6.18 Å². The van der Waals surface area contributed by atoms with E-state index in [0.29, 0.717) is 17.8 Å². The van der Waals surface area contributed by atoms with E-state index in [1.807, 2.05) is 12.1 Å². The van der Waals surface area contributed by atoms with E-state index < -0.39 is 11.9 Å². The molecule has 0 saturated carbocycles. The average Bonchev–Trinajstić information content (AvgIpc) is 3.23. The molecule has 9 heteroatoms. The lowest BCUT2D eigenvalue weighted by Crippen LogP contribution is -2.25. The maximum Gasteiger partial charge on any atom is 0.435 e. The summed E-state index contributed by atoms with van der Waals surface area (Å²) in [6.07, 6.45) is -3.25. The van der Waals surface area contributed by atoms with E-state index in [9.17, 15) is 18.0 Å². The molecule has 3 rings (SSSR count). The van der Waals surface area contributed by atoms with E-state index in [4.69, 9.17) is 0 Å². The van der Waals surface area contributed by atoms with Crippen molar-refractivity contribution in [2.75, 3.05) is 7.05 Å². The van der Waals surface area contributed by atoms with E-state index in [1.165, 1.54) is 6.20 Å². The highest BCUT2D eigenvalue weighted by Gasteiger charge is 2.33. The number of rotatable bonds is 4. The summed E-state index contributed by atoms with van der Waals surface area (Å²) in [5.74, 6) is -0.169. The summed E-state index contributed by atoms with van der Waals surface area (Å²) in [6, 6.07) is 11.1. The molecule has 136 valence electrons. The van der Waals surface area contributed by atoms with Gasteiger partial charge in [0.05, 0.1) is 16.0 Å². The van der Waals surface area contributed by atoms with Crippen LogP contribution in [0.3, 0.4) is 0 Å². The molecule has 0 bridgehead atoms. The summed E-state index contributed by atoms with van der Waals surface area (Å²) in [5, 5.41) is 3.51. The number of carbonyl (C=O) groups is 1. The third kappa shape index (κ3) is 4.16. The van der Waals surface area contributed by atoms with Gasteiger partial charge in [-0.05, 0) is 58.4 Å². The second-order valence-electron chi connectivity index (χ2n) is 5.56. The van der Waals surface area contributed by atoms with Crippen LogP contribution < -0.4 is 0 Å². The molecule has 2 heterocycles. The Morgan fingerprint density at radius 1 is 1.19 bits per heavy atom. The van der Waals surface area contributed by atoms with Crippen LogP contribution >= 0.6 is 27.3 Å². The zero-order chi connectivity index (χ0) is 18.9. The lowest BCUT2D eigenvalue weighted by Gasteiger charge is -2.16. The van der Waals surface area contributed by atoms with Gasteiger partial charge in [-0.25, -0.2) is 4.68 Å². The van der Waals surface area contributed by atoms with E-state index in [-0.39, 0.29) is 5.91 Å². The summed E-state index contributed by atoms with van der Waals surface area (Å²) in [5.41, 5.74) is -0.0588. The Kier molecular flexibility index (Phi) is 5.19. The van der Waals surface area contributed by atoms with Gasteiger partial charge in [0.25, 0.3) is 5.91 Å². The Labute approximate surface area is 160 Å². The fraction of sp³-hybridized carbons (Fsp3) is 0.176. The molecule has 4 nitrogen and oxygen atoms in total. The molecular weight excluding hydrogens is 431 g/mol. The number of benzene rings is 1. The molecule has 0 radical (unpaired) electrons. The molecule has 0 spiro atoms. The maximum absolute atomic E-state index is 12.6. The molecule has 3 aromatic rings. The largest absolute Gasteiger partial charge is 0.435 e. The summed E-state index contributed by atoms with van der Waals surface area (Å²) in [7, 11) is 1.70. The van der Waals surface area contributed by atoms with Gasteiger partial charge in [-0.15, -0.1) is 11.3 Å². The summed E-state index contributed by atoms with van der Waals surface area (Å²) < 4.78 is 40.0. The van der Waals surface area contributed by atoms with Gasteiger partial charge in [-0.1, -0.05) is 0 Å². The van der Waals surface area contributed by atoms with Crippen molar-refractivity contribution in [2.24, 2.45) is 0 Å². The molecule has 1 amide bonds. The summed E-state index contributed by atoms with van der Waals surface area (Å²) in [4.78, 5) is 15.1. The molecule has 1 aromatic carbocycles. The Morgan fingerprint density at radius 3 is 2.42 bits per heavy atom. The van der Waals surface area contributed by atoms with Gasteiger partial charge < -0.3 is 4.90 Å². The first-order chi connectivity index (χ1) is 12.2. The van der Waals surface area contributed by atoms with Crippen molar-refractivity contribution < 1.29 is 18.0 Å². The van der Waals surface area contributed by atoms with Crippen LogP contribution in [-0.2, 0) is 12.7 Å². The SMILES string of the molecule is CN(Cc1ccc(Br)s1)C(=O)c1ccc(-n2ccc(C(F)(F)F)n2)cc1. The Hall–Kier alpha value is -2.13. The first kappa shape index (κ1) is 18.7. The molecule has 0 N–H and O–H groups in total. The number of amides is 1. The van der Waals surface area contributed by atoms with Crippen LogP contribution in [0.15, 0.2) is 52.4 Å². The van der Waals surface area contributed by atoms with Gasteiger partial charge in [-0.3, -0.25) is 4.79 Å². The second-order valence-corrected chi connectivity index (χ2v) is 8.10. The Balaban J connectivity index is 1.72. The summed E-state index contributed by atoms with van der Waals surface area (Å²) >= 11 is 4.94. The number of alkyl halides is 3. The van der Waals surface area contributed by atoms with E-state index >= 15 is 0 Å². The molecule has 0 saturated heterocycles. The van der Waals surface area contributed by atoms with Gasteiger partial charge in [0.15, 0.2) is 5.69 Å². The quantitative estimate of drug-likeness (QED) is 0.569. The number of hydrogen-bond acceptors (Lipinski definition) is 3. The molecule has 0 aliphatic heterocycles. The van der Waals surface area contributed by atoms with Crippen LogP contribution in [-0.4, -0.2) is 27.6 Å². The average molecular weight is 444 g/mol. The van der Waals surface area contributed by atoms with E-state index in [0.717, 1.165) is 19.4 Å². The normalized spacial score (nSPS) is 11.6. The lowest BCUT2D eigenvalue weighted by molar-refractivity contribution is -0.141. The molecule has 0 atom stereocenters. The molecule has 0 fully saturated rings. The van der Waals surface area contributed by atoms with Crippen molar-refractivity contribution in [1.29, 1.82) is 0 Å². The third-order valence-electron chi connectivity index (χ3n) is 3.63. The van der Waals surface area contributed by atoms with Crippen molar-refractivity contribution in [1.82, 2.24) is 14.7 Å². The molecular formula is C17H13BrF3N3OS. The van der Waals surface area contributed by atoms with Crippen molar-refractivity contribution in [3.05, 3.63) is 68.6 Å². The smallest absolute Gasteiger partial charge is 0.337 e. The Morgan fingerprint density at radius 2 is 1.88 bits per heavy atom. The number of aromatic nitrogens is 2. The lowest BCUT2D eigenvalue weighted by atomic mass is 10.2. The van der Waals surface area contributed by atoms with Crippen LogP contribution in [0.2, 0.25) is 0 Å². The minimum absolute atomic E-state index is 0.169. The minimum Gasteiger partial charge on any atom is -0.337 e. The van der Waals surface area contributed by atoms with Crippen LogP contribution in [0.5, 0.6) is 0 Å². The maximum atomic E-state index is 12.6. The van der Waals surface area contributed by atoms with Crippen molar-refractivity contribution in [3.8, 4) is 5.69 Å². The molecule has 2 aromatic heterocycles. The fourth-order valence-corrected chi connectivity index (χ4v) is 3.88. The predicted molar refractivity (Wildman–Crippen MR) is 96.4 cm³/mol. The van der Waals surface area contributed by atoms with E-state index in [2.05, 4.69) is 21.0 Å². The van der Waals surface area contributed by atoms with Gasteiger partial charge in [0.1, 0.15) is 0 Å². The predicted octanol–water partition coefficient (Wildman–Crippen LogP) is 4.99. The van der Waals surface area contributed by atoms with Gasteiger partial charge in [0, 0.05) is 23.7 Å².